The Morgan fingerprint density at radius 3 is 3.19 bits per heavy atom. The Labute approximate surface area is 95.1 Å². The van der Waals surface area contributed by atoms with Gasteiger partial charge < -0.3 is 10.0 Å². The molecule has 1 aliphatic rings. The SMILES string of the molecule is N#Cc1ccnc(N2CCCC[C@H]2CO)c1. The number of nitriles is 1. The van der Waals surface area contributed by atoms with Crippen molar-refractivity contribution in [3.8, 4) is 6.07 Å². The van der Waals surface area contributed by atoms with Crippen LogP contribution in [0.3, 0.4) is 0 Å². The molecule has 0 aliphatic carbocycles. The minimum atomic E-state index is 0.148. The molecule has 4 nitrogen and oxygen atoms in total. The molecule has 4 heteroatoms. The molecule has 0 amide bonds. The van der Waals surface area contributed by atoms with E-state index in [2.05, 4.69) is 16.0 Å². The predicted octanol–water partition coefficient (Wildman–Crippen LogP) is 1.30. The van der Waals surface area contributed by atoms with Crippen LogP contribution in [0.5, 0.6) is 0 Å². The summed E-state index contributed by atoms with van der Waals surface area (Å²) >= 11 is 0. The van der Waals surface area contributed by atoms with Crippen molar-refractivity contribution >= 4 is 5.82 Å². The van der Waals surface area contributed by atoms with Crippen LogP contribution in [-0.2, 0) is 0 Å². The molecular weight excluding hydrogens is 202 g/mol. The van der Waals surface area contributed by atoms with Gasteiger partial charge in [-0.3, -0.25) is 0 Å². The van der Waals surface area contributed by atoms with E-state index >= 15 is 0 Å². The van der Waals surface area contributed by atoms with Crippen LogP contribution in [0.4, 0.5) is 5.82 Å². The van der Waals surface area contributed by atoms with Crippen molar-refractivity contribution in [1.82, 2.24) is 4.98 Å². The zero-order chi connectivity index (χ0) is 11.4. The van der Waals surface area contributed by atoms with Gasteiger partial charge in [0.05, 0.1) is 24.3 Å². The Morgan fingerprint density at radius 1 is 1.56 bits per heavy atom. The van der Waals surface area contributed by atoms with Gasteiger partial charge in [-0.2, -0.15) is 5.26 Å². The smallest absolute Gasteiger partial charge is 0.130 e. The van der Waals surface area contributed by atoms with Gasteiger partial charge >= 0.3 is 0 Å². The molecule has 0 aromatic carbocycles. The van der Waals surface area contributed by atoms with Gasteiger partial charge in [-0.15, -0.1) is 0 Å². The maximum absolute atomic E-state index is 9.31. The number of aliphatic hydroxyl groups excluding tert-OH is 1. The minimum absolute atomic E-state index is 0.148. The number of aliphatic hydroxyl groups is 1. The quantitative estimate of drug-likeness (QED) is 0.811. The van der Waals surface area contributed by atoms with Crippen LogP contribution >= 0.6 is 0 Å². The number of nitrogens with zero attached hydrogens (tertiary/aromatic N) is 3. The largest absolute Gasteiger partial charge is 0.394 e. The first-order chi connectivity index (χ1) is 7.85. The predicted molar refractivity (Wildman–Crippen MR) is 61.0 cm³/mol. The number of hydrogen-bond acceptors (Lipinski definition) is 4. The molecule has 2 heterocycles. The summed E-state index contributed by atoms with van der Waals surface area (Å²) in [5, 5.41) is 18.2. The monoisotopic (exact) mass is 217 g/mol. The molecule has 16 heavy (non-hydrogen) atoms. The highest BCUT2D eigenvalue weighted by Crippen LogP contribution is 2.23. The lowest BCUT2D eigenvalue weighted by molar-refractivity contribution is 0.239. The molecule has 1 atom stereocenters. The van der Waals surface area contributed by atoms with Crippen molar-refractivity contribution in [1.29, 1.82) is 5.26 Å². The molecule has 0 bridgehead atoms. The van der Waals surface area contributed by atoms with E-state index in [1.54, 1.807) is 18.3 Å². The lowest BCUT2D eigenvalue weighted by Crippen LogP contribution is -2.42. The highest BCUT2D eigenvalue weighted by molar-refractivity contribution is 5.46. The fraction of sp³-hybridized carbons (Fsp3) is 0.500. The molecule has 1 N–H and O–H groups in total. The second-order valence-corrected chi connectivity index (χ2v) is 4.04. The van der Waals surface area contributed by atoms with Gasteiger partial charge in [-0.25, -0.2) is 4.98 Å². The molecule has 1 aromatic rings. The lowest BCUT2D eigenvalue weighted by atomic mass is 10.0. The summed E-state index contributed by atoms with van der Waals surface area (Å²) in [6, 6.07) is 5.74. The number of piperidine rings is 1. The van der Waals surface area contributed by atoms with E-state index in [1.807, 2.05) is 0 Å². The first-order valence-corrected chi connectivity index (χ1v) is 5.59. The summed E-state index contributed by atoms with van der Waals surface area (Å²) in [5.74, 6) is 0.804. The van der Waals surface area contributed by atoms with Crippen LogP contribution < -0.4 is 4.90 Å². The normalized spacial score (nSPS) is 20.5. The van der Waals surface area contributed by atoms with Crippen LogP contribution in [0.2, 0.25) is 0 Å². The van der Waals surface area contributed by atoms with Crippen LogP contribution in [-0.4, -0.2) is 29.3 Å². The first-order valence-electron chi connectivity index (χ1n) is 5.59. The van der Waals surface area contributed by atoms with Crippen molar-refractivity contribution in [2.75, 3.05) is 18.1 Å². The van der Waals surface area contributed by atoms with Gasteiger partial charge in [-0.05, 0) is 31.4 Å². The Bertz CT molecular complexity index is 399. The fourth-order valence-corrected chi connectivity index (χ4v) is 2.14. The van der Waals surface area contributed by atoms with E-state index in [1.165, 1.54) is 0 Å². The zero-order valence-electron chi connectivity index (χ0n) is 9.13. The fourth-order valence-electron chi connectivity index (χ4n) is 2.14. The Morgan fingerprint density at radius 2 is 2.44 bits per heavy atom. The van der Waals surface area contributed by atoms with Gasteiger partial charge in [0.25, 0.3) is 0 Å². The summed E-state index contributed by atoms with van der Waals surface area (Å²) in [7, 11) is 0. The second-order valence-electron chi connectivity index (χ2n) is 4.04. The van der Waals surface area contributed by atoms with E-state index < -0.39 is 0 Å². The van der Waals surface area contributed by atoms with Crippen LogP contribution in [0.25, 0.3) is 0 Å². The van der Waals surface area contributed by atoms with Crippen molar-refractivity contribution in [3.63, 3.8) is 0 Å². The van der Waals surface area contributed by atoms with E-state index in [4.69, 9.17) is 5.26 Å². The highest BCUT2D eigenvalue weighted by atomic mass is 16.3. The lowest BCUT2D eigenvalue weighted by Gasteiger charge is -2.35. The number of pyridine rings is 1. The Balaban J connectivity index is 2.24. The molecule has 1 aromatic heterocycles. The third kappa shape index (κ3) is 2.15. The van der Waals surface area contributed by atoms with E-state index in [-0.39, 0.29) is 12.6 Å². The molecule has 1 saturated heterocycles. The summed E-state index contributed by atoms with van der Waals surface area (Å²) in [5.41, 5.74) is 0.618. The minimum Gasteiger partial charge on any atom is -0.394 e. The third-order valence-electron chi connectivity index (χ3n) is 3.01. The average molecular weight is 217 g/mol. The van der Waals surface area contributed by atoms with Crippen molar-refractivity contribution in [2.45, 2.75) is 25.3 Å². The van der Waals surface area contributed by atoms with Crippen LogP contribution in [0.1, 0.15) is 24.8 Å². The molecule has 0 unspecified atom stereocenters. The topological polar surface area (TPSA) is 60.2 Å². The highest BCUT2D eigenvalue weighted by Gasteiger charge is 2.22. The summed E-state index contributed by atoms with van der Waals surface area (Å²) in [6.45, 7) is 1.06. The van der Waals surface area contributed by atoms with Crippen molar-refractivity contribution in [3.05, 3.63) is 23.9 Å². The molecule has 1 aliphatic heterocycles. The maximum Gasteiger partial charge on any atom is 0.130 e. The van der Waals surface area contributed by atoms with Crippen LogP contribution in [0, 0.1) is 11.3 Å². The van der Waals surface area contributed by atoms with Crippen molar-refractivity contribution < 1.29 is 5.11 Å². The molecule has 84 valence electrons. The summed E-state index contributed by atoms with van der Waals surface area (Å²) in [4.78, 5) is 6.37. The number of hydrogen-bond donors (Lipinski definition) is 1. The zero-order valence-corrected chi connectivity index (χ0v) is 9.13. The van der Waals surface area contributed by atoms with Crippen LogP contribution in [0.15, 0.2) is 18.3 Å². The first kappa shape index (κ1) is 10.9. The van der Waals surface area contributed by atoms with E-state index in [0.29, 0.717) is 5.56 Å². The Kier molecular flexibility index (Phi) is 3.37. The number of anilines is 1. The standard InChI is InChI=1S/C12H15N3O/c13-8-10-4-5-14-12(7-10)15-6-2-1-3-11(15)9-16/h4-5,7,11,16H,1-3,6,9H2/t11-/m0/s1. The van der Waals surface area contributed by atoms with E-state index in [0.717, 1.165) is 31.6 Å². The maximum atomic E-state index is 9.31. The molecule has 1 fully saturated rings. The third-order valence-corrected chi connectivity index (χ3v) is 3.01. The molecule has 0 saturated carbocycles. The van der Waals surface area contributed by atoms with Gasteiger partial charge in [0.1, 0.15) is 5.82 Å². The molecular formula is C12H15N3O. The van der Waals surface area contributed by atoms with Gasteiger partial charge in [0.2, 0.25) is 0 Å². The number of aromatic nitrogens is 1. The van der Waals surface area contributed by atoms with Gasteiger partial charge in [-0.1, -0.05) is 0 Å². The van der Waals surface area contributed by atoms with E-state index in [9.17, 15) is 5.11 Å². The second kappa shape index (κ2) is 4.95. The number of rotatable bonds is 2. The Hall–Kier alpha value is -1.60. The van der Waals surface area contributed by atoms with Gasteiger partial charge in [0.15, 0.2) is 0 Å². The molecule has 0 radical (unpaired) electrons. The summed E-state index contributed by atoms with van der Waals surface area (Å²) < 4.78 is 0. The molecule has 2 rings (SSSR count). The summed E-state index contributed by atoms with van der Waals surface area (Å²) in [6.07, 6.45) is 4.92. The van der Waals surface area contributed by atoms with Gasteiger partial charge in [0, 0.05) is 12.7 Å². The van der Waals surface area contributed by atoms with Crippen molar-refractivity contribution in [2.24, 2.45) is 0 Å². The molecule has 0 spiro atoms. The average Bonchev–Trinajstić information content (AvgIpc) is 2.38.